The highest BCUT2D eigenvalue weighted by Crippen LogP contribution is 2.22. The van der Waals surface area contributed by atoms with Crippen LogP contribution in [0.15, 0.2) is 30.3 Å². The lowest BCUT2D eigenvalue weighted by atomic mass is 10.0. The maximum atomic E-state index is 12.0. The highest BCUT2D eigenvalue weighted by atomic mass is 16.5. The summed E-state index contributed by atoms with van der Waals surface area (Å²) in [7, 11) is 1.70. The number of benzene rings is 1. The van der Waals surface area contributed by atoms with Crippen molar-refractivity contribution < 1.29 is 9.53 Å². The third kappa shape index (κ3) is 3.78. The van der Waals surface area contributed by atoms with E-state index in [9.17, 15) is 4.79 Å². The first-order valence-electron chi connectivity index (χ1n) is 6.83. The molecule has 4 nitrogen and oxygen atoms in total. The Kier molecular flexibility index (Phi) is 4.93. The fraction of sp³-hybridized carbons (Fsp3) is 0.533. The van der Waals surface area contributed by atoms with E-state index in [1.807, 2.05) is 30.3 Å². The van der Waals surface area contributed by atoms with Gasteiger partial charge in [0.05, 0.1) is 12.1 Å². The second-order valence-corrected chi connectivity index (χ2v) is 5.10. The van der Waals surface area contributed by atoms with Crippen molar-refractivity contribution in [3.8, 4) is 0 Å². The number of nitrogens with two attached hydrogens (primary N) is 1. The zero-order valence-corrected chi connectivity index (χ0v) is 11.3. The highest BCUT2D eigenvalue weighted by Gasteiger charge is 2.28. The van der Waals surface area contributed by atoms with Crippen LogP contribution >= 0.6 is 0 Å². The molecule has 1 aliphatic rings. The lowest BCUT2D eigenvalue weighted by Gasteiger charge is -2.20. The average molecular weight is 262 g/mol. The Bertz CT molecular complexity index is 408. The van der Waals surface area contributed by atoms with E-state index in [4.69, 9.17) is 10.5 Å². The van der Waals surface area contributed by atoms with Crippen molar-refractivity contribution in [2.45, 2.75) is 43.9 Å². The van der Waals surface area contributed by atoms with E-state index >= 15 is 0 Å². The summed E-state index contributed by atoms with van der Waals surface area (Å²) < 4.78 is 5.37. The van der Waals surface area contributed by atoms with E-state index in [0.29, 0.717) is 6.42 Å². The van der Waals surface area contributed by atoms with Crippen LogP contribution in [-0.2, 0) is 9.53 Å². The number of rotatable bonds is 5. The summed E-state index contributed by atoms with van der Waals surface area (Å²) in [6, 6.07) is 9.61. The van der Waals surface area contributed by atoms with Crippen molar-refractivity contribution in [3.05, 3.63) is 35.9 Å². The summed E-state index contributed by atoms with van der Waals surface area (Å²) in [5, 5.41) is 3.04. The Morgan fingerprint density at radius 3 is 2.84 bits per heavy atom. The largest absolute Gasteiger partial charge is 0.379 e. The number of hydrogen-bond acceptors (Lipinski definition) is 3. The van der Waals surface area contributed by atoms with Gasteiger partial charge in [-0.15, -0.1) is 0 Å². The van der Waals surface area contributed by atoms with Gasteiger partial charge in [-0.2, -0.15) is 0 Å². The molecule has 3 unspecified atom stereocenters. The number of carbonyl (C=O) groups is 1. The molecule has 0 radical (unpaired) electrons. The van der Waals surface area contributed by atoms with Crippen LogP contribution in [0.2, 0.25) is 0 Å². The topological polar surface area (TPSA) is 64.3 Å². The van der Waals surface area contributed by atoms with Gasteiger partial charge in [-0.1, -0.05) is 30.3 Å². The van der Waals surface area contributed by atoms with E-state index in [-0.39, 0.29) is 24.1 Å². The van der Waals surface area contributed by atoms with Crippen LogP contribution in [0, 0.1) is 0 Å². The van der Waals surface area contributed by atoms with Gasteiger partial charge in [0.1, 0.15) is 0 Å². The number of amides is 1. The van der Waals surface area contributed by atoms with Gasteiger partial charge in [-0.05, 0) is 24.8 Å². The molecule has 2 rings (SSSR count). The van der Waals surface area contributed by atoms with Gasteiger partial charge >= 0.3 is 0 Å². The molecule has 3 N–H and O–H groups in total. The Morgan fingerprint density at radius 1 is 1.42 bits per heavy atom. The predicted molar refractivity (Wildman–Crippen MR) is 74.6 cm³/mol. The first-order valence-corrected chi connectivity index (χ1v) is 6.83. The van der Waals surface area contributed by atoms with Crippen LogP contribution in [0.25, 0.3) is 0 Å². The molecule has 0 spiro atoms. The Labute approximate surface area is 114 Å². The first-order chi connectivity index (χ1) is 9.20. The summed E-state index contributed by atoms with van der Waals surface area (Å²) in [4.78, 5) is 12.0. The van der Waals surface area contributed by atoms with Crippen LogP contribution in [-0.4, -0.2) is 25.2 Å². The van der Waals surface area contributed by atoms with Crippen molar-refractivity contribution >= 4 is 5.91 Å². The van der Waals surface area contributed by atoms with Crippen molar-refractivity contribution in [3.63, 3.8) is 0 Å². The van der Waals surface area contributed by atoms with Gasteiger partial charge in [0.2, 0.25) is 5.91 Å². The molecule has 4 heteroatoms. The minimum Gasteiger partial charge on any atom is -0.379 e. The average Bonchev–Trinajstić information content (AvgIpc) is 2.86. The SMILES string of the molecule is COC1CCCC1NC(=O)CC(N)c1ccccc1. The minimum atomic E-state index is -0.247. The zero-order valence-electron chi connectivity index (χ0n) is 11.3. The smallest absolute Gasteiger partial charge is 0.222 e. The van der Waals surface area contributed by atoms with E-state index in [1.54, 1.807) is 7.11 Å². The van der Waals surface area contributed by atoms with Crippen molar-refractivity contribution in [2.24, 2.45) is 5.73 Å². The molecule has 0 aliphatic heterocycles. The second-order valence-electron chi connectivity index (χ2n) is 5.10. The Balaban J connectivity index is 1.84. The molecule has 3 atom stereocenters. The van der Waals surface area contributed by atoms with Crippen LogP contribution in [0.4, 0.5) is 0 Å². The number of ether oxygens (including phenoxy) is 1. The van der Waals surface area contributed by atoms with E-state index in [0.717, 1.165) is 24.8 Å². The molecule has 1 aliphatic carbocycles. The molecule has 0 bridgehead atoms. The fourth-order valence-corrected chi connectivity index (χ4v) is 2.66. The molecule has 1 saturated carbocycles. The summed E-state index contributed by atoms with van der Waals surface area (Å²) in [5.74, 6) is 0.00491. The molecule has 104 valence electrons. The lowest BCUT2D eigenvalue weighted by molar-refractivity contribution is -0.122. The van der Waals surface area contributed by atoms with Crippen molar-refractivity contribution in [1.29, 1.82) is 0 Å². The van der Waals surface area contributed by atoms with Gasteiger partial charge < -0.3 is 15.8 Å². The van der Waals surface area contributed by atoms with Gasteiger partial charge in [-0.25, -0.2) is 0 Å². The molecular weight excluding hydrogens is 240 g/mol. The normalized spacial score (nSPS) is 24.1. The predicted octanol–water partition coefficient (Wildman–Crippen LogP) is 1.76. The van der Waals surface area contributed by atoms with Crippen molar-refractivity contribution in [1.82, 2.24) is 5.32 Å². The molecule has 0 heterocycles. The lowest BCUT2D eigenvalue weighted by Crippen LogP contribution is -2.41. The highest BCUT2D eigenvalue weighted by molar-refractivity contribution is 5.77. The quantitative estimate of drug-likeness (QED) is 0.850. The fourth-order valence-electron chi connectivity index (χ4n) is 2.66. The molecule has 1 aromatic carbocycles. The van der Waals surface area contributed by atoms with Crippen LogP contribution in [0.1, 0.15) is 37.3 Å². The molecule has 1 aromatic rings. The van der Waals surface area contributed by atoms with Gasteiger partial charge in [0.15, 0.2) is 0 Å². The van der Waals surface area contributed by atoms with Crippen molar-refractivity contribution in [2.75, 3.05) is 7.11 Å². The first kappa shape index (κ1) is 14.0. The third-order valence-corrected chi connectivity index (χ3v) is 3.73. The Morgan fingerprint density at radius 2 is 2.16 bits per heavy atom. The summed E-state index contributed by atoms with van der Waals surface area (Å²) in [5.41, 5.74) is 7.04. The van der Waals surface area contributed by atoms with E-state index < -0.39 is 0 Å². The maximum Gasteiger partial charge on any atom is 0.222 e. The number of methoxy groups -OCH3 is 1. The molecule has 19 heavy (non-hydrogen) atoms. The summed E-state index contributed by atoms with van der Waals surface area (Å²) >= 11 is 0. The van der Waals surface area contributed by atoms with Crippen LogP contribution < -0.4 is 11.1 Å². The van der Waals surface area contributed by atoms with E-state index in [1.165, 1.54) is 0 Å². The number of carbonyl (C=O) groups excluding carboxylic acids is 1. The third-order valence-electron chi connectivity index (χ3n) is 3.73. The standard InChI is InChI=1S/C15H22N2O2/c1-19-14-9-5-8-13(14)17-15(18)10-12(16)11-6-3-2-4-7-11/h2-4,6-7,12-14H,5,8-10,16H2,1H3,(H,17,18). The zero-order chi connectivity index (χ0) is 13.7. The number of nitrogens with one attached hydrogen (secondary N) is 1. The molecule has 0 saturated heterocycles. The second kappa shape index (κ2) is 6.68. The molecule has 1 amide bonds. The van der Waals surface area contributed by atoms with E-state index in [2.05, 4.69) is 5.32 Å². The van der Waals surface area contributed by atoms with Gasteiger partial charge in [0.25, 0.3) is 0 Å². The number of hydrogen-bond donors (Lipinski definition) is 2. The van der Waals surface area contributed by atoms with Gasteiger partial charge in [-0.3, -0.25) is 4.79 Å². The van der Waals surface area contributed by atoms with Crippen LogP contribution in [0.5, 0.6) is 0 Å². The Hall–Kier alpha value is -1.39. The maximum absolute atomic E-state index is 12.0. The van der Waals surface area contributed by atoms with Crippen LogP contribution in [0.3, 0.4) is 0 Å². The minimum absolute atomic E-state index is 0.00491. The molecule has 0 aromatic heterocycles. The molecular formula is C15H22N2O2. The molecule has 1 fully saturated rings. The summed E-state index contributed by atoms with van der Waals surface area (Å²) in [6.45, 7) is 0. The summed E-state index contributed by atoms with van der Waals surface area (Å²) in [6.07, 6.45) is 3.58. The van der Waals surface area contributed by atoms with Gasteiger partial charge in [0, 0.05) is 19.6 Å². The monoisotopic (exact) mass is 262 g/mol.